The number of hydrogen-bond acceptors (Lipinski definition) is 3. The fourth-order valence-electron chi connectivity index (χ4n) is 2.43. The maximum atomic E-state index is 10.0. The summed E-state index contributed by atoms with van der Waals surface area (Å²) in [6, 6.07) is 8.05. The predicted octanol–water partition coefficient (Wildman–Crippen LogP) is 2.01. The Morgan fingerprint density at radius 2 is 2.18 bits per heavy atom. The first-order valence-corrected chi connectivity index (χ1v) is 6.34. The van der Waals surface area contributed by atoms with E-state index in [0.717, 1.165) is 44.6 Å². The number of hydrogen-bond donors (Lipinski definition) is 2. The first-order chi connectivity index (χ1) is 8.05. The summed E-state index contributed by atoms with van der Waals surface area (Å²) in [4.78, 5) is 2.40. The van der Waals surface area contributed by atoms with E-state index >= 15 is 0 Å². The summed E-state index contributed by atoms with van der Waals surface area (Å²) in [6.07, 6.45) is 2.82. The first kappa shape index (κ1) is 12.4. The van der Waals surface area contributed by atoms with Crippen molar-refractivity contribution in [3.05, 3.63) is 29.8 Å². The van der Waals surface area contributed by atoms with Gasteiger partial charge in [0.15, 0.2) is 0 Å². The molecule has 1 fully saturated rings. The van der Waals surface area contributed by atoms with Crippen LogP contribution in [0.1, 0.15) is 31.7 Å². The second-order valence-electron chi connectivity index (χ2n) is 5.37. The van der Waals surface area contributed by atoms with Crippen molar-refractivity contribution in [2.24, 2.45) is 0 Å². The third kappa shape index (κ3) is 3.72. The van der Waals surface area contributed by atoms with E-state index in [1.54, 1.807) is 0 Å². The maximum Gasteiger partial charge on any atom is 0.0632 e. The largest absolute Gasteiger partial charge is 0.399 e. The molecule has 3 nitrogen and oxygen atoms in total. The SMILES string of the molecule is CC1(O)CCCN(Cc2cccc(N)c2)CC1. The van der Waals surface area contributed by atoms with E-state index in [1.807, 2.05) is 25.1 Å². The molecular formula is C14H22N2O. The molecule has 1 atom stereocenters. The third-order valence-corrected chi connectivity index (χ3v) is 3.51. The highest BCUT2D eigenvalue weighted by atomic mass is 16.3. The van der Waals surface area contributed by atoms with Crippen molar-refractivity contribution in [1.29, 1.82) is 0 Å². The molecule has 1 unspecified atom stereocenters. The van der Waals surface area contributed by atoms with E-state index in [2.05, 4.69) is 11.0 Å². The molecule has 1 aliphatic heterocycles. The zero-order valence-corrected chi connectivity index (χ0v) is 10.5. The zero-order chi connectivity index (χ0) is 12.3. The van der Waals surface area contributed by atoms with Gasteiger partial charge in [-0.1, -0.05) is 12.1 Å². The average molecular weight is 234 g/mol. The van der Waals surface area contributed by atoms with Crippen LogP contribution in [0.15, 0.2) is 24.3 Å². The second kappa shape index (κ2) is 5.07. The Kier molecular flexibility index (Phi) is 3.69. The molecule has 0 amide bonds. The number of anilines is 1. The van der Waals surface area contributed by atoms with Gasteiger partial charge in [0.25, 0.3) is 0 Å². The number of nitrogens with zero attached hydrogens (tertiary/aromatic N) is 1. The molecule has 0 aliphatic carbocycles. The minimum Gasteiger partial charge on any atom is -0.399 e. The van der Waals surface area contributed by atoms with Gasteiger partial charge in [-0.2, -0.15) is 0 Å². The van der Waals surface area contributed by atoms with E-state index < -0.39 is 5.60 Å². The lowest BCUT2D eigenvalue weighted by Gasteiger charge is -2.22. The van der Waals surface area contributed by atoms with E-state index in [0.29, 0.717) is 0 Å². The summed E-state index contributed by atoms with van der Waals surface area (Å²) in [5, 5.41) is 10.0. The number of rotatable bonds is 2. The highest BCUT2D eigenvalue weighted by Gasteiger charge is 2.24. The Morgan fingerprint density at radius 3 is 2.94 bits per heavy atom. The van der Waals surface area contributed by atoms with Gasteiger partial charge in [-0.15, -0.1) is 0 Å². The summed E-state index contributed by atoms with van der Waals surface area (Å²) in [7, 11) is 0. The van der Waals surface area contributed by atoms with Gasteiger partial charge in [-0.25, -0.2) is 0 Å². The van der Waals surface area contributed by atoms with Crippen LogP contribution < -0.4 is 5.73 Å². The van der Waals surface area contributed by atoms with Crippen molar-refractivity contribution in [2.45, 2.75) is 38.3 Å². The molecule has 94 valence electrons. The normalized spacial score (nSPS) is 26.7. The van der Waals surface area contributed by atoms with Crippen molar-refractivity contribution in [3.8, 4) is 0 Å². The quantitative estimate of drug-likeness (QED) is 0.770. The molecule has 1 saturated heterocycles. The van der Waals surface area contributed by atoms with Gasteiger partial charge in [0.05, 0.1) is 5.60 Å². The van der Waals surface area contributed by atoms with Gasteiger partial charge in [0, 0.05) is 18.8 Å². The number of likely N-dealkylation sites (tertiary alicyclic amines) is 1. The lowest BCUT2D eigenvalue weighted by Crippen LogP contribution is -2.28. The van der Waals surface area contributed by atoms with Crippen molar-refractivity contribution in [1.82, 2.24) is 4.90 Å². The predicted molar refractivity (Wildman–Crippen MR) is 70.6 cm³/mol. The Labute approximate surface area is 103 Å². The maximum absolute atomic E-state index is 10.0. The fourth-order valence-corrected chi connectivity index (χ4v) is 2.43. The Balaban J connectivity index is 1.95. The van der Waals surface area contributed by atoms with Crippen LogP contribution >= 0.6 is 0 Å². The van der Waals surface area contributed by atoms with Gasteiger partial charge in [-0.05, 0) is 50.4 Å². The first-order valence-electron chi connectivity index (χ1n) is 6.34. The summed E-state index contributed by atoms with van der Waals surface area (Å²) < 4.78 is 0. The minimum atomic E-state index is -0.482. The standard InChI is InChI=1S/C14H22N2O/c1-14(17)6-3-8-16(9-7-14)11-12-4-2-5-13(15)10-12/h2,4-5,10,17H,3,6-9,11,15H2,1H3. The monoisotopic (exact) mass is 234 g/mol. The van der Waals surface area contributed by atoms with Crippen LogP contribution in [0, 0.1) is 0 Å². The average Bonchev–Trinajstić information content (AvgIpc) is 2.41. The minimum absolute atomic E-state index is 0.482. The molecule has 17 heavy (non-hydrogen) atoms. The molecule has 1 aromatic rings. The van der Waals surface area contributed by atoms with E-state index in [9.17, 15) is 5.11 Å². The molecule has 2 rings (SSSR count). The lowest BCUT2D eigenvalue weighted by atomic mass is 9.98. The highest BCUT2D eigenvalue weighted by molar-refractivity contribution is 5.40. The van der Waals surface area contributed by atoms with Crippen LogP contribution in [0.25, 0.3) is 0 Å². The molecule has 3 N–H and O–H groups in total. The topological polar surface area (TPSA) is 49.5 Å². The molecule has 1 aliphatic rings. The van der Waals surface area contributed by atoms with Crippen molar-refractivity contribution >= 4 is 5.69 Å². The summed E-state index contributed by atoms with van der Waals surface area (Å²) in [6.45, 7) is 4.89. The van der Waals surface area contributed by atoms with Crippen LogP contribution in [-0.4, -0.2) is 28.7 Å². The van der Waals surface area contributed by atoms with Gasteiger partial charge in [-0.3, -0.25) is 4.90 Å². The fraction of sp³-hybridized carbons (Fsp3) is 0.571. The molecular weight excluding hydrogens is 212 g/mol. The van der Waals surface area contributed by atoms with Gasteiger partial charge in [0.1, 0.15) is 0 Å². The Morgan fingerprint density at radius 1 is 1.35 bits per heavy atom. The Hall–Kier alpha value is -1.06. The zero-order valence-electron chi connectivity index (χ0n) is 10.5. The summed E-state index contributed by atoms with van der Waals surface area (Å²) in [5.41, 5.74) is 7.38. The number of aliphatic hydroxyl groups is 1. The molecule has 0 aromatic heterocycles. The molecule has 3 heteroatoms. The van der Waals surface area contributed by atoms with Gasteiger partial charge >= 0.3 is 0 Å². The molecule has 0 saturated carbocycles. The van der Waals surface area contributed by atoms with Crippen LogP contribution in [-0.2, 0) is 6.54 Å². The Bertz CT molecular complexity index is 376. The molecule has 0 spiro atoms. The number of nitrogen functional groups attached to an aromatic ring is 1. The van der Waals surface area contributed by atoms with Crippen LogP contribution in [0.5, 0.6) is 0 Å². The van der Waals surface area contributed by atoms with Gasteiger partial charge in [0.2, 0.25) is 0 Å². The smallest absolute Gasteiger partial charge is 0.0632 e. The van der Waals surface area contributed by atoms with Crippen LogP contribution in [0.4, 0.5) is 5.69 Å². The highest BCUT2D eigenvalue weighted by Crippen LogP contribution is 2.22. The second-order valence-corrected chi connectivity index (χ2v) is 5.37. The summed E-state index contributed by atoms with van der Waals surface area (Å²) in [5.74, 6) is 0. The molecule has 0 bridgehead atoms. The molecule has 1 heterocycles. The van der Waals surface area contributed by atoms with Crippen molar-refractivity contribution < 1.29 is 5.11 Å². The summed E-state index contributed by atoms with van der Waals surface area (Å²) >= 11 is 0. The van der Waals surface area contributed by atoms with Crippen LogP contribution in [0.2, 0.25) is 0 Å². The van der Waals surface area contributed by atoms with E-state index in [4.69, 9.17) is 5.73 Å². The molecule has 0 radical (unpaired) electrons. The molecule has 1 aromatic carbocycles. The third-order valence-electron chi connectivity index (χ3n) is 3.51. The lowest BCUT2D eigenvalue weighted by molar-refractivity contribution is 0.0444. The van der Waals surface area contributed by atoms with E-state index in [1.165, 1.54) is 5.56 Å². The van der Waals surface area contributed by atoms with E-state index in [-0.39, 0.29) is 0 Å². The number of nitrogens with two attached hydrogens (primary N) is 1. The van der Waals surface area contributed by atoms with Crippen molar-refractivity contribution in [3.63, 3.8) is 0 Å². The number of benzene rings is 1. The van der Waals surface area contributed by atoms with Crippen molar-refractivity contribution in [2.75, 3.05) is 18.8 Å². The van der Waals surface area contributed by atoms with Gasteiger partial charge < -0.3 is 10.8 Å². The van der Waals surface area contributed by atoms with Crippen LogP contribution in [0.3, 0.4) is 0 Å².